The third kappa shape index (κ3) is 16.8. The fourth-order valence-electron chi connectivity index (χ4n) is 5.53. The van der Waals surface area contributed by atoms with Crippen LogP contribution in [-0.4, -0.2) is 45.4 Å². The van der Waals surface area contributed by atoms with Crippen molar-refractivity contribution in [2.45, 2.75) is 133 Å². The number of nitro benzene ring substituents is 1. The quantitative estimate of drug-likeness (QED) is 0.0322. The van der Waals surface area contributed by atoms with Crippen molar-refractivity contribution in [3.8, 4) is 0 Å². The van der Waals surface area contributed by atoms with Crippen LogP contribution < -0.4 is 5.32 Å². The van der Waals surface area contributed by atoms with Crippen LogP contribution in [0.25, 0.3) is 0 Å². The molecule has 0 radical (unpaired) electrons. The van der Waals surface area contributed by atoms with Gasteiger partial charge in [-0.3, -0.25) is 19.7 Å². The summed E-state index contributed by atoms with van der Waals surface area (Å²) in [7, 11) is 0. The van der Waals surface area contributed by atoms with E-state index >= 15 is 0 Å². The van der Waals surface area contributed by atoms with Crippen molar-refractivity contribution >= 4 is 46.7 Å². The second-order valence-electron chi connectivity index (χ2n) is 12.3. The molecular weight excluding hydrogens is 671 g/mol. The van der Waals surface area contributed by atoms with E-state index in [0.717, 1.165) is 19.3 Å². The first kappa shape index (κ1) is 42.0. The molecule has 3 atom stereocenters. The van der Waals surface area contributed by atoms with Crippen LogP contribution in [0.1, 0.15) is 133 Å². The van der Waals surface area contributed by atoms with Crippen molar-refractivity contribution in [2.24, 2.45) is 0 Å². The van der Waals surface area contributed by atoms with Crippen LogP contribution in [0.5, 0.6) is 0 Å². The van der Waals surface area contributed by atoms with Crippen LogP contribution in [0.15, 0.2) is 54.6 Å². The molecule has 49 heavy (non-hydrogen) atoms. The van der Waals surface area contributed by atoms with E-state index < -0.39 is 52.5 Å². The van der Waals surface area contributed by atoms with Crippen molar-refractivity contribution in [1.82, 2.24) is 5.32 Å². The number of nitrogens with one attached hydrogen (secondary N) is 1. The fourth-order valence-corrected chi connectivity index (χ4v) is 5.66. The molecule has 0 spiro atoms. The molecule has 0 aromatic heterocycles. The lowest BCUT2D eigenvalue weighted by Gasteiger charge is -2.28. The van der Waals surface area contributed by atoms with Crippen molar-refractivity contribution in [3.05, 3.63) is 75.8 Å². The second kappa shape index (κ2) is 24.8. The lowest BCUT2D eigenvalue weighted by molar-refractivity contribution is -0.384. The molecule has 1 unspecified atom stereocenters. The molecule has 0 aliphatic carbocycles. The number of benzene rings is 2. The van der Waals surface area contributed by atoms with Crippen molar-refractivity contribution < 1.29 is 33.9 Å². The van der Waals surface area contributed by atoms with E-state index in [1.54, 1.807) is 30.3 Å². The molecule has 2 N–H and O–H groups in total. The summed E-state index contributed by atoms with van der Waals surface area (Å²) in [5.41, 5.74) is 0.385. The van der Waals surface area contributed by atoms with E-state index in [9.17, 15) is 29.6 Å². The Balaban J connectivity index is 1.93. The Morgan fingerprint density at radius 3 is 1.73 bits per heavy atom. The minimum Gasteiger partial charge on any atom is -0.452 e. The zero-order chi connectivity index (χ0) is 35.9. The number of unbranched alkanes of at least 4 members (excludes halogenated alkanes) is 14. The number of nitrogens with zero attached hydrogens (tertiary/aromatic N) is 1. The minimum atomic E-state index is -1.47. The average Bonchev–Trinajstić information content (AvgIpc) is 3.10. The summed E-state index contributed by atoms with van der Waals surface area (Å²) in [5, 5.41) is 23.7. The standard InChI is InChI=1S/C37H52Cl2N2O8/c1-2-3-4-5-6-7-8-9-10-11-12-13-14-15-19-22-32(43)48-34(28-20-17-16-18-21-28)37(45)49-33(31(27-42)40-36(44)35(38)39)29-23-25-30(26-24-29)41(46)47/h16-18,20-21,23-26,31,33-35,42H,2-15,19,22,27H2,1H3,(H,40,44)/t31-,33-,34?/m1/s1. The van der Waals surface area contributed by atoms with Gasteiger partial charge in [0.2, 0.25) is 6.10 Å². The van der Waals surface area contributed by atoms with Gasteiger partial charge in [-0.2, -0.15) is 0 Å². The Labute approximate surface area is 300 Å². The van der Waals surface area contributed by atoms with Gasteiger partial charge < -0.3 is 19.9 Å². The SMILES string of the molecule is CCCCCCCCCCCCCCCCCC(=O)OC(C(=O)O[C@H](c1ccc([N+](=O)[O-])cc1)[C@@H](CO)NC(=O)C(Cl)Cl)c1ccccc1. The Bertz CT molecular complexity index is 1250. The van der Waals surface area contributed by atoms with E-state index in [-0.39, 0.29) is 17.7 Å². The number of aliphatic hydroxyl groups is 1. The number of amides is 1. The van der Waals surface area contributed by atoms with E-state index in [4.69, 9.17) is 32.7 Å². The van der Waals surface area contributed by atoms with E-state index in [2.05, 4.69) is 12.2 Å². The van der Waals surface area contributed by atoms with Gasteiger partial charge in [-0.15, -0.1) is 0 Å². The molecule has 0 fully saturated rings. The number of esters is 2. The molecule has 0 aliphatic rings. The Morgan fingerprint density at radius 2 is 1.27 bits per heavy atom. The van der Waals surface area contributed by atoms with Crippen LogP contribution in [0, 0.1) is 10.1 Å². The van der Waals surface area contributed by atoms with Gasteiger partial charge in [0.15, 0.2) is 4.84 Å². The normalized spacial score (nSPS) is 13.0. The molecule has 2 aromatic carbocycles. The summed E-state index contributed by atoms with van der Waals surface area (Å²) in [6.45, 7) is 1.54. The molecule has 0 saturated carbocycles. The third-order valence-corrected chi connectivity index (χ3v) is 8.71. The summed E-state index contributed by atoms with van der Waals surface area (Å²) in [4.78, 5) is 47.9. The van der Waals surface area contributed by atoms with Crippen molar-refractivity contribution in [3.63, 3.8) is 0 Å². The molecule has 1 amide bonds. The summed E-state index contributed by atoms with van der Waals surface area (Å²) in [6.07, 6.45) is 15.4. The van der Waals surface area contributed by atoms with Gasteiger partial charge in [0, 0.05) is 24.1 Å². The first-order chi connectivity index (χ1) is 23.7. The number of hydrogen-bond donors (Lipinski definition) is 2. The van der Waals surface area contributed by atoms with Crippen molar-refractivity contribution in [2.75, 3.05) is 6.61 Å². The first-order valence-corrected chi connectivity index (χ1v) is 18.4. The van der Waals surface area contributed by atoms with Crippen LogP contribution in [0.2, 0.25) is 0 Å². The monoisotopic (exact) mass is 722 g/mol. The lowest BCUT2D eigenvalue weighted by atomic mass is 10.0. The molecule has 0 saturated heterocycles. The average molecular weight is 724 g/mol. The van der Waals surface area contributed by atoms with Crippen LogP contribution in [0.3, 0.4) is 0 Å². The van der Waals surface area contributed by atoms with Gasteiger partial charge in [-0.25, -0.2) is 4.79 Å². The number of alkyl halides is 2. The zero-order valence-electron chi connectivity index (χ0n) is 28.5. The molecule has 272 valence electrons. The molecule has 0 aliphatic heterocycles. The first-order valence-electron chi connectivity index (χ1n) is 17.6. The highest BCUT2D eigenvalue weighted by atomic mass is 35.5. The molecule has 12 heteroatoms. The Hall–Kier alpha value is -3.21. The zero-order valence-corrected chi connectivity index (χ0v) is 30.0. The van der Waals surface area contributed by atoms with E-state index in [1.165, 1.54) is 94.9 Å². The summed E-state index contributed by atoms with van der Waals surface area (Å²) in [5.74, 6) is -2.37. The van der Waals surface area contributed by atoms with Crippen LogP contribution in [0.4, 0.5) is 5.69 Å². The number of carbonyl (C=O) groups is 3. The predicted molar refractivity (Wildman–Crippen MR) is 191 cm³/mol. The maximum Gasteiger partial charge on any atom is 0.352 e. The van der Waals surface area contributed by atoms with Crippen LogP contribution in [-0.2, 0) is 23.9 Å². The smallest absolute Gasteiger partial charge is 0.352 e. The number of rotatable bonds is 26. The number of hydrogen-bond acceptors (Lipinski definition) is 8. The fraction of sp³-hybridized carbons (Fsp3) is 0.595. The number of non-ortho nitro benzene ring substituents is 1. The highest BCUT2D eigenvalue weighted by Gasteiger charge is 2.34. The van der Waals surface area contributed by atoms with Crippen molar-refractivity contribution in [1.29, 1.82) is 0 Å². The summed E-state index contributed by atoms with van der Waals surface area (Å²) >= 11 is 11.4. The molecule has 2 rings (SSSR count). The summed E-state index contributed by atoms with van der Waals surface area (Å²) in [6, 6.07) is 12.2. The van der Waals surface area contributed by atoms with Gasteiger partial charge in [-0.05, 0) is 24.1 Å². The number of ether oxygens (including phenoxy) is 2. The van der Waals surface area contributed by atoms with Gasteiger partial charge in [-0.1, -0.05) is 150 Å². The number of aliphatic hydroxyl groups excluding tert-OH is 1. The maximum absolute atomic E-state index is 13.6. The van der Waals surface area contributed by atoms with Gasteiger partial charge in [0.1, 0.15) is 6.10 Å². The lowest BCUT2D eigenvalue weighted by Crippen LogP contribution is -2.45. The Kier molecular flexibility index (Phi) is 21.3. The molecule has 0 heterocycles. The van der Waals surface area contributed by atoms with Crippen LogP contribution >= 0.6 is 23.2 Å². The molecule has 2 aromatic rings. The van der Waals surface area contributed by atoms with E-state index in [1.807, 2.05) is 0 Å². The highest BCUT2D eigenvalue weighted by molar-refractivity contribution is 6.53. The van der Waals surface area contributed by atoms with Gasteiger partial charge in [0.25, 0.3) is 11.6 Å². The maximum atomic E-state index is 13.6. The Morgan fingerprint density at radius 1 is 0.755 bits per heavy atom. The minimum absolute atomic E-state index is 0.128. The third-order valence-electron chi connectivity index (χ3n) is 8.31. The largest absolute Gasteiger partial charge is 0.452 e. The number of carbonyl (C=O) groups excluding carboxylic acids is 3. The molecule has 10 nitrogen and oxygen atoms in total. The van der Waals surface area contributed by atoms with Gasteiger partial charge in [0.05, 0.1) is 17.6 Å². The molecular formula is C37H52Cl2N2O8. The predicted octanol–water partition coefficient (Wildman–Crippen LogP) is 9.01. The second-order valence-corrected chi connectivity index (χ2v) is 13.4. The highest BCUT2D eigenvalue weighted by Crippen LogP contribution is 2.29. The van der Waals surface area contributed by atoms with E-state index in [0.29, 0.717) is 12.0 Å². The summed E-state index contributed by atoms with van der Waals surface area (Å²) < 4.78 is 11.4. The number of halogens is 2. The molecule has 0 bridgehead atoms. The topological polar surface area (TPSA) is 145 Å². The van der Waals surface area contributed by atoms with Gasteiger partial charge >= 0.3 is 11.9 Å². The number of nitro groups is 1.